The van der Waals surface area contributed by atoms with Crippen LogP contribution in [0.2, 0.25) is 0 Å². The van der Waals surface area contributed by atoms with E-state index < -0.39 is 23.8 Å². The summed E-state index contributed by atoms with van der Waals surface area (Å²) in [7, 11) is 0. The molecule has 2 aromatic carbocycles. The summed E-state index contributed by atoms with van der Waals surface area (Å²) >= 11 is 0. The van der Waals surface area contributed by atoms with Crippen LogP contribution in [-0.2, 0) is 19.1 Å². The summed E-state index contributed by atoms with van der Waals surface area (Å²) in [6, 6.07) is 16.2. The highest BCUT2D eigenvalue weighted by atomic mass is 16.7. The van der Waals surface area contributed by atoms with Crippen molar-refractivity contribution in [2.45, 2.75) is 58.0 Å². The number of nitrogens with zero attached hydrogens (tertiary/aromatic N) is 1. The van der Waals surface area contributed by atoms with Crippen LogP contribution < -0.4 is 16.0 Å². The molecule has 1 aliphatic heterocycles. The quantitative estimate of drug-likeness (QED) is 0.201. The number of amidine groups is 1. The highest BCUT2D eigenvalue weighted by molar-refractivity contribution is 5.96. The van der Waals surface area contributed by atoms with E-state index in [9.17, 15) is 9.59 Å². The van der Waals surface area contributed by atoms with Gasteiger partial charge in [0.05, 0.1) is 0 Å². The van der Waals surface area contributed by atoms with E-state index in [4.69, 9.17) is 30.4 Å². The molecule has 3 rings (SSSR count). The number of nitrogens with one attached hydrogen (secondary N) is 2. The van der Waals surface area contributed by atoms with Crippen molar-refractivity contribution in [3.05, 3.63) is 65.7 Å². The predicted octanol–water partition coefficient (Wildman–Crippen LogP) is 3.55. The van der Waals surface area contributed by atoms with Gasteiger partial charge in [0.1, 0.15) is 29.9 Å². The Morgan fingerprint density at radius 3 is 2.43 bits per heavy atom. The first-order valence-electron chi connectivity index (χ1n) is 12.2. The lowest BCUT2D eigenvalue weighted by Crippen LogP contribution is -2.40. The number of amides is 1. The largest absolute Gasteiger partial charge is 0.490 e. The summed E-state index contributed by atoms with van der Waals surface area (Å²) < 4.78 is 16.5. The van der Waals surface area contributed by atoms with Crippen molar-refractivity contribution in [1.29, 1.82) is 5.41 Å². The van der Waals surface area contributed by atoms with Gasteiger partial charge in [0.25, 0.3) is 0 Å². The average Bonchev–Trinajstić information content (AvgIpc) is 3.33. The summed E-state index contributed by atoms with van der Waals surface area (Å²) in [5.41, 5.74) is 0.969. The number of carbonyl (C=O) groups excluding carboxylic acids is 2. The van der Waals surface area contributed by atoms with Crippen LogP contribution in [-0.4, -0.2) is 60.2 Å². The zero-order valence-electron chi connectivity index (χ0n) is 21.7. The molecule has 0 bridgehead atoms. The molecule has 1 saturated heterocycles. The Hall–Kier alpha value is -3.63. The van der Waals surface area contributed by atoms with Crippen molar-refractivity contribution in [3.8, 4) is 5.75 Å². The zero-order chi connectivity index (χ0) is 27.0. The molecule has 3 atom stereocenters. The summed E-state index contributed by atoms with van der Waals surface area (Å²) in [6.45, 7) is 8.18. The van der Waals surface area contributed by atoms with Gasteiger partial charge < -0.3 is 24.4 Å². The van der Waals surface area contributed by atoms with Gasteiger partial charge in [0.15, 0.2) is 0 Å². The van der Waals surface area contributed by atoms with Gasteiger partial charge in [-0.3, -0.25) is 10.2 Å². The molecular formula is C27H36N4O6. The van der Waals surface area contributed by atoms with Crippen LogP contribution in [0.3, 0.4) is 0 Å². The Morgan fingerprint density at radius 1 is 1.14 bits per heavy atom. The third-order valence-electron chi connectivity index (χ3n) is 5.72. The molecule has 0 saturated carbocycles. The minimum Gasteiger partial charge on any atom is -0.490 e. The normalized spacial score (nSPS) is 17.0. The predicted molar refractivity (Wildman–Crippen MR) is 138 cm³/mol. The molecule has 37 heavy (non-hydrogen) atoms. The number of benzene rings is 2. The van der Waals surface area contributed by atoms with E-state index >= 15 is 0 Å². The maximum Gasteiger partial charge on any atom is 0.410 e. The third-order valence-corrected chi connectivity index (χ3v) is 5.72. The molecule has 1 heterocycles. The Morgan fingerprint density at radius 2 is 1.81 bits per heavy atom. The topological polar surface area (TPSA) is 136 Å². The number of rotatable bonds is 9. The number of hydrogen-bond acceptors (Lipinski definition) is 8. The van der Waals surface area contributed by atoms with E-state index in [1.807, 2.05) is 51.1 Å². The van der Waals surface area contributed by atoms with Gasteiger partial charge in [-0.25, -0.2) is 15.5 Å². The van der Waals surface area contributed by atoms with Crippen molar-refractivity contribution in [1.82, 2.24) is 10.2 Å². The van der Waals surface area contributed by atoms with Gasteiger partial charge in [-0.2, -0.15) is 0 Å². The van der Waals surface area contributed by atoms with Crippen LogP contribution in [0.25, 0.3) is 0 Å². The fraction of sp³-hybridized carbons (Fsp3) is 0.444. The second kappa shape index (κ2) is 12.6. The fourth-order valence-electron chi connectivity index (χ4n) is 3.75. The Kier molecular flexibility index (Phi) is 9.48. The molecule has 1 unspecified atom stereocenters. The Balaban J connectivity index is 1.46. The lowest BCUT2D eigenvalue weighted by molar-refractivity contribution is -0.164. The second-order valence-electron chi connectivity index (χ2n) is 9.88. The summed E-state index contributed by atoms with van der Waals surface area (Å²) in [5.74, 6) is 5.40. The highest BCUT2D eigenvalue weighted by Crippen LogP contribution is 2.19. The molecule has 1 fully saturated rings. The van der Waals surface area contributed by atoms with E-state index in [0.29, 0.717) is 24.4 Å². The van der Waals surface area contributed by atoms with Gasteiger partial charge in [-0.1, -0.05) is 30.3 Å². The first kappa shape index (κ1) is 27.9. The molecule has 0 radical (unpaired) electrons. The maximum absolute atomic E-state index is 12.4. The number of nitrogens with two attached hydrogens (primary N) is 1. The number of carbonyl (C=O) groups is 2. The van der Waals surface area contributed by atoms with Crippen LogP contribution in [0, 0.1) is 5.41 Å². The second-order valence-corrected chi connectivity index (χ2v) is 9.88. The van der Waals surface area contributed by atoms with E-state index in [1.54, 1.807) is 36.1 Å². The Bertz CT molecular complexity index is 1050. The molecule has 0 spiro atoms. The molecule has 1 amide bonds. The number of esters is 1. The molecule has 10 nitrogen and oxygen atoms in total. The van der Waals surface area contributed by atoms with Crippen LogP contribution in [0.15, 0.2) is 54.6 Å². The number of hydrogen-bond donors (Lipinski definition) is 3. The van der Waals surface area contributed by atoms with E-state index in [1.165, 1.54) is 0 Å². The molecule has 200 valence electrons. The monoisotopic (exact) mass is 512 g/mol. The van der Waals surface area contributed by atoms with Gasteiger partial charge >= 0.3 is 12.1 Å². The van der Waals surface area contributed by atoms with Gasteiger partial charge in [-0.05, 0) is 63.9 Å². The van der Waals surface area contributed by atoms with Crippen LogP contribution in [0.1, 0.15) is 51.3 Å². The Labute approximate surface area is 217 Å². The molecule has 2 aromatic rings. The molecule has 4 N–H and O–H groups in total. The lowest BCUT2D eigenvalue weighted by atomic mass is 10.1. The maximum atomic E-state index is 12.4. The standard InChI is InChI=1S/C27H36N4O6/c1-18(19-8-6-5-7-9-19)35-25(32)23(37-29)17-34-22-12-10-20(11-13-22)24(28)30-21-14-15-31(16-21)26(33)36-27(2,3)4/h5-13,18,21,23H,14-17,29H2,1-4H3,(H2,28,30)/t18?,21-,23-/m0/s1. The number of ether oxygens (including phenoxy) is 3. The smallest absolute Gasteiger partial charge is 0.410 e. The van der Waals surface area contributed by atoms with Crippen molar-refractivity contribution in [3.63, 3.8) is 0 Å². The molecule has 10 heteroatoms. The molecule has 0 aromatic heterocycles. The van der Waals surface area contributed by atoms with Crippen LogP contribution in [0.4, 0.5) is 4.79 Å². The van der Waals surface area contributed by atoms with E-state index in [-0.39, 0.29) is 24.6 Å². The average molecular weight is 513 g/mol. The van der Waals surface area contributed by atoms with Crippen molar-refractivity contribution < 1.29 is 28.6 Å². The van der Waals surface area contributed by atoms with E-state index in [0.717, 1.165) is 12.0 Å². The lowest BCUT2D eigenvalue weighted by Gasteiger charge is -2.24. The summed E-state index contributed by atoms with van der Waals surface area (Å²) in [6.07, 6.45) is -1.17. The summed E-state index contributed by atoms with van der Waals surface area (Å²) in [5, 5.41) is 11.6. The van der Waals surface area contributed by atoms with Crippen molar-refractivity contribution in [2.75, 3.05) is 19.7 Å². The highest BCUT2D eigenvalue weighted by Gasteiger charge is 2.30. The third kappa shape index (κ3) is 8.47. The van der Waals surface area contributed by atoms with Gasteiger partial charge in [-0.15, -0.1) is 0 Å². The van der Waals surface area contributed by atoms with Gasteiger partial charge in [0, 0.05) is 24.7 Å². The van der Waals surface area contributed by atoms with Crippen molar-refractivity contribution in [2.24, 2.45) is 5.90 Å². The molecular weight excluding hydrogens is 476 g/mol. The number of likely N-dealkylation sites (tertiary alicyclic amines) is 1. The van der Waals surface area contributed by atoms with Crippen molar-refractivity contribution >= 4 is 17.9 Å². The fourth-order valence-corrected chi connectivity index (χ4v) is 3.75. The van der Waals surface area contributed by atoms with Gasteiger partial charge in [0.2, 0.25) is 6.10 Å². The minimum absolute atomic E-state index is 0.0392. The molecule has 1 aliphatic rings. The van der Waals surface area contributed by atoms with Crippen LogP contribution in [0.5, 0.6) is 5.75 Å². The SMILES string of the molecule is CC(OC(=O)[C@H](COc1ccc(C(=N)N[C@H]2CCN(C(=O)OC(C)(C)C)C2)cc1)ON)c1ccccc1. The summed E-state index contributed by atoms with van der Waals surface area (Å²) in [4.78, 5) is 31.1. The minimum atomic E-state index is -1.10. The first-order valence-corrected chi connectivity index (χ1v) is 12.2. The van der Waals surface area contributed by atoms with Crippen LogP contribution >= 0.6 is 0 Å². The first-order chi connectivity index (χ1) is 17.6. The molecule has 0 aliphatic carbocycles. The van der Waals surface area contributed by atoms with E-state index in [2.05, 4.69) is 5.32 Å². The zero-order valence-corrected chi connectivity index (χ0v) is 21.7.